The van der Waals surface area contributed by atoms with Crippen LogP contribution in [0.4, 0.5) is 5.69 Å². The van der Waals surface area contributed by atoms with Crippen molar-refractivity contribution in [3.05, 3.63) is 77.6 Å². The third-order valence-corrected chi connectivity index (χ3v) is 6.14. The zero-order chi connectivity index (χ0) is 20.9. The van der Waals surface area contributed by atoms with Gasteiger partial charge in [-0.25, -0.2) is 4.68 Å². The van der Waals surface area contributed by atoms with Crippen molar-refractivity contribution in [3.63, 3.8) is 0 Å². The Labute approximate surface area is 178 Å². The normalized spacial score (nSPS) is 14.8. The lowest BCUT2D eigenvalue weighted by molar-refractivity contribution is 0.102. The second-order valence-electron chi connectivity index (χ2n) is 8.21. The standard InChI is InChI=1S/C25H30N4O/c1-19-23(17-26-29(19)22-14-7-4-8-15-22)25(30)27-24-16-10-9-11-20(24)18-28(2)21-12-5-3-6-13-21/h4,7-11,14-17,21H,3,5-6,12-13,18H2,1-2H3,(H,27,30). The van der Waals surface area contributed by atoms with Crippen molar-refractivity contribution in [1.82, 2.24) is 14.7 Å². The number of para-hydroxylation sites is 2. The lowest BCUT2D eigenvalue weighted by atomic mass is 9.94. The van der Waals surface area contributed by atoms with Crippen LogP contribution in [0.2, 0.25) is 0 Å². The van der Waals surface area contributed by atoms with E-state index in [9.17, 15) is 4.79 Å². The van der Waals surface area contributed by atoms with Crippen molar-refractivity contribution < 1.29 is 4.79 Å². The molecule has 1 fully saturated rings. The molecule has 1 aliphatic rings. The summed E-state index contributed by atoms with van der Waals surface area (Å²) in [7, 11) is 2.20. The van der Waals surface area contributed by atoms with E-state index in [-0.39, 0.29) is 5.91 Å². The van der Waals surface area contributed by atoms with Gasteiger partial charge < -0.3 is 5.32 Å². The van der Waals surface area contributed by atoms with Crippen LogP contribution in [0.25, 0.3) is 5.69 Å². The fourth-order valence-corrected chi connectivity index (χ4v) is 4.35. The zero-order valence-corrected chi connectivity index (χ0v) is 17.8. The maximum Gasteiger partial charge on any atom is 0.259 e. The number of amides is 1. The van der Waals surface area contributed by atoms with Gasteiger partial charge in [-0.3, -0.25) is 9.69 Å². The fourth-order valence-electron chi connectivity index (χ4n) is 4.35. The Hall–Kier alpha value is -2.92. The summed E-state index contributed by atoms with van der Waals surface area (Å²) in [4.78, 5) is 15.5. The third-order valence-electron chi connectivity index (χ3n) is 6.14. The third kappa shape index (κ3) is 4.46. The topological polar surface area (TPSA) is 50.2 Å². The van der Waals surface area contributed by atoms with E-state index in [1.54, 1.807) is 10.9 Å². The van der Waals surface area contributed by atoms with E-state index in [2.05, 4.69) is 28.4 Å². The number of anilines is 1. The lowest BCUT2D eigenvalue weighted by Crippen LogP contribution is -2.33. The molecule has 4 rings (SSSR count). The molecule has 0 bridgehead atoms. The van der Waals surface area contributed by atoms with Gasteiger partial charge in [0.1, 0.15) is 0 Å². The minimum absolute atomic E-state index is 0.123. The predicted octanol–water partition coefficient (Wildman–Crippen LogP) is 5.20. The summed E-state index contributed by atoms with van der Waals surface area (Å²) in [6.07, 6.45) is 8.17. The molecule has 1 aliphatic carbocycles. The molecule has 0 atom stereocenters. The number of aromatic nitrogens is 2. The molecular formula is C25H30N4O. The van der Waals surface area contributed by atoms with Gasteiger partial charge in [-0.2, -0.15) is 5.10 Å². The molecule has 0 aliphatic heterocycles. The second-order valence-corrected chi connectivity index (χ2v) is 8.21. The highest BCUT2D eigenvalue weighted by molar-refractivity contribution is 6.05. The lowest BCUT2D eigenvalue weighted by Gasteiger charge is -2.31. The molecule has 5 heteroatoms. The highest BCUT2D eigenvalue weighted by Crippen LogP contribution is 2.25. The second kappa shape index (κ2) is 9.26. The molecule has 5 nitrogen and oxygen atoms in total. The number of nitrogens with zero attached hydrogens (tertiary/aromatic N) is 3. The van der Waals surface area contributed by atoms with Crippen LogP contribution in [0, 0.1) is 6.92 Å². The SMILES string of the molecule is Cc1c(C(=O)Nc2ccccc2CN(C)C2CCCCC2)cnn1-c1ccccc1. The van der Waals surface area contributed by atoms with E-state index in [0.717, 1.165) is 29.2 Å². The molecule has 1 heterocycles. The molecule has 0 radical (unpaired) electrons. The summed E-state index contributed by atoms with van der Waals surface area (Å²) in [5.74, 6) is -0.123. The summed E-state index contributed by atoms with van der Waals surface area (Å²) in [5, 5.41) is 7.55. The highest BCUT2D eigenvalue weighted by Gasteiger charge is 2.20. The summed E-state index contributed by atoms with van der Waals surface area (Å²) in [6.45, 7) is 2.76. The number of hydrogen-bond donors (Lipinski definition) is 1. The van der Waals surface area contributed by atoms with Crippen molar-refractivity contribution >= 4 is 11.6 Å². The van der Waals surface area contributed by atoms with Gasteiger partial charge in [-0.15, -0.1) is 0 Å². The van der Waals surface area contributed by atoms with Gasteiger partial charge in [0.25, 0.3) is 5.91 Å². The van der Waals surface area contributed by atoms with Gasteiger partial charge in [-0.05, 0) is 50.6 Å². The van der Waals surface area contributed by atoms with E-state index in [0.29, 0.717) is 11.6 Å². The van der Waals surface area contributed by atoms with Gasteiger partial charge in [0.2, 0.25) is 0 Å². The van der Waals surface area contributed by atoms with Crippen molar-refractivity contribution in [2.24, 2.45) is 0 Å². The van der Waals surface area contributed by atoms with Crippen molar-refractivity contribution in [1.29, 1.82) is 0 Å². The van der Waals surface area contributed by atoms with E-state index in [4.69, 9.17) is 0 Å². The molecule has 2 aromatic carbocycles. The predicted molar refractivity (Wildman–Crippen MR) is 121 cm³/mol. The summed E-state index contributed by atoms with van der Waals surface area (Å²) >= 11 is 0. The number of benzene rings is 2. The van der Waals surface area contributed by atoms with Crippen molar-refractivity contribution in [2.75, 3.05) is 12.4 Å². The molecule has 1 amide bonds. The largest absolute Gasteiger partial charge is 0.322 e. The first-order valence-corrected chi connectivity index (χ1v) is 10.8. The molecule has 0 spiro atoms. The molecule has 156 valence electrons. The first kappa shape index (κ1) is 20.4. The monoisotopic (exact) mass is 402 g/mol. The molecule has 1 saturated carbocycles. The quantitative estimate of drug-likeness (QED) is 0.617. The number of nitrogens with one attached hydrogen (secondary N) is 1. The highest BCUT2D eigenvalue weighted by atomic mass is 16.1. The number of rotatable bonds is 6. The Morgan fingerprint density at radius 2 is 1.77 bits per heavy atom. The Balaban J connectivity index is 1.50. The van der Waals surface area contributed by atoms with Crippen molar-refractivity contribution in [2.45, 2.75) is 51.6 Å². The van der Waals surface area contributed by atoms with E-state index >= 15 is 0 Å². The average molecular weight is 403 g/mol. The van der Waals surface area contributed by atoms with Crippen LogP contribution >= 0.6 is 0 Å². The molecule has 30 heavy (non-hydrogen) atoms. The fraction of sp³-hybridized carbons (Fsp3) is 0.360. The number of carbonyl (C=O) groups is 1. The van der Waals surface area contributed by atoms with Crippen LogP contribution in [0.15, 0.2) is 60.8 Å². The van der Waals surface area contributed by atoms with Crippen molar-refractivity contribution in [3.8, 4) is 5.69 Å². The summed E-state index contributed by atoms with van der Waals surface area (Å²) in [6, 6.07) is 18.6. The Bertz CT molecular complexity index is 989. The van der Waals surface area contributed by atoms with E-state index in [1.165, 1.54) is 32.1 Å². The molecule has 0 saturated heterocycles. The number of carbonyl (C=O) groups excluding carboxylic acids is 1. The van der Waals surface area contributed by atoms with Gasteiger partial charge in [-0.1, -0.05) is 55.7 Å². The van der Waals surface area contributed by atoms with Crippen LogP contribution in [0.5, 0.6) is 0 Å². The molecule has 1 aromatic heterocycles. The maximum atomic E-state index is 13.0. The number of hydrogen-bond acceptors (Lipinski definition) is 3. The Morgan fingerprint density at radius 1 is 1.07 bits per heavy atom. The summed E-state index contributed by atoms with van der Waals surface area (Å²) in [5.41, 5.74) is 4.39. The molecule has 1 N–H and O–H groups in total. The minimum Gasteiger partial charge on any atom is -0.322 e. The van der Waals surface area contributed by atoms with Crippen LogP contribution in [0.3, 0.4) is 0 Å². The molecular weight excluding hydrogens is 372 g/mol. The Kier molecular flexibility index (Phi) is 6.29. The van der Waals surface area contributed by atoms with Crippen LogP contribution < -0.4 is 5.32 Å². The molecule has 0 unspecified atom stereocenters. The summed E-state index contributed by atoms with van der Waals surface area (Å²) < 4.78 is 1.80. The van der Waals surface area contributed by atoms with Gasteiger partial charge >= 0.3 is 0 Å². The van der Waals surface area contributed by atoms with Crippen LogP contribution in [-0.4, -0.2) is 33.7 Å². The van der Waals surface area contributed by atoms with Crippen LogP contribution in [0.1, 0.15) is 53.7 Å². The molecule has 3 aromatic rings. The van der Waals surface area contributed by atoms with Gasteiger partial charge in [0.15, 0.2) is 0 Å². The van der Waals surface area contributed by atoms with Gasteiger partial charge in [0.05, 0.1) is 23.1 Å². The zero-order valence-electron chi connectivity index (χ0n) is 17.8. The maximum absolute atomic E-state index is 13.0. The first-order chi connectivity index (χ1) is 14.6. The van der Waals surface area contributed by atoms with Crippen LogP contribution in [-0.2, 0) is 6.54 Å². The first-order valence-electron chi connectivity index (χ1n) is 10.8. The minimum atomic E-state index is -0.123. The smallest absolute Gasteiger partial charge is 0.259 e. The average Bonchev–Trinajstić information content (AvgIpc) is 3.17. The van der Waals surface area contributed by atoms with Gasteiger partial charge in [0, 0.05) is 18.3 Å². The van der Waals surface area contributed by atoms with E-state index in [1.807, 2.05) is 55.5 Å². The van der Waals surface area contributed by atoms with E-state index < -0.39 is 0 Å². The Morgan fingerprint density at radius 3 is 2.53 bits per heavy atom.